The molecular formula is C24H16N2O4S2. The third-order valence-corrected chi connectivity index (χ3v) is 7.33. The molecule has 0 atom stereocenters. The number of thiophene rings is 2. The maximum Gasteiger partial charge on any atom is 0.280 e. The van der Waals surface area contributed by atoms with Crippen LogP contribution < -0.4 is 0 Å². The summed E-state index contributed by atoms with van der Waals surface area (Å²) in [5.74, 6) is 1.69. The molecular weight excluding hydrogens is 444 g/mol. The Morgan fingerprint density at radius 1 is 0.781 bits per heavy atom. The molecule has 0 saturated carbocycles. The quantitative estimate of drug-likeness (QED) is 0.314. The highest BCUT2D eigenvalue weighted by atomic mass is 32.1. The molecule has 1 aliphatic heterocycles. The largest absolute Gasteiger partial charge is 0.494 e. The van der Waals surface area contributed by atoms with Gasteiger partial charge in [0.15, 0.2) is 17.4 Å². The minimum Gasteiger partial charge on any atom is -0.494 e. The summed E-state index contributed by atoms with van der Waals surface area (Å²) < 4.78 is 12.0. The minimum absolute atomic E-state index is 0.144. The molecule has 6 nitrogen and oxygen atoms in total. The van der Waals surface area contributed by atoms with Gasteiger partial charge in [-0.05, 0) is 62.4 Å². The van der Waals surface area contributed by atoms with Crippen LogP contribution in [0.15, 0.2) is 62.4 Å². The Bertz CT molecular complexity index is 1540. The molecule has 0 aromatic carbocycles. The van der Waals surface area contributed by atoms with Crippen molar-refractivity contribution < 1.29 is 18.7 Å². The second-order valence-electron chi connectivity index (χ2n) is 7.51. The Morgan fingerprint density at radius 2 is 1.34 bits per heavy atom. The molecule has 0 fully saturated rings. The number of nitrogens with one attached hydrogen (secondary N) is 1. The lowest BCUT2D eigenvalue weighted by molar-refractivity contribution is 0.101. The number of hydrogen-bond donors (Lipinski definition) is 2. The van der Waals surface area contributed by atoms with E-state index in [1.807, 2.05) is 50.2 Å². The van der Waals surface area contributed by atoms with Crippen LogP contribution in [-0.2, 0) is 0 Å². The molecule has 0 saturated heterocycles. The standard InChI is InChI=1S/C24H16N2O4S2/c1-11-3-9-17(31-11)13-5-7-15(29-13)21-19-20(24(28)25-21)22(26-23(19)27)16-8-6-14(30-16)18-10-4-12(2)32-18/h3-10,25,28H,1-2H3. The molecule has 1 aliphatic rings. The van der Waals surface area contributed by atoms with Crippen LogP contribution >= 0.6 is 22.7 Å². The molecule has 8 heteroatoms. The van der Waals surface area contributed by atoms with E-state index in [4.69, 9.17) is 8.83 Å². The number of aryl methyl sites for hydroxylation is 2. The fourth-order valence-electron chi connectivity index (χ4n) is 3.84. The van der Waals surface area contributed by atoms with Crippen LogP contribution in [0.3, 0.4) is 0 Å². The fourth-order valence-corrected chi connectivity index (χ4v) is 5.50. The zero-order chi connectivity index (χ0) is 22.0. The van der Waals surface area contributed by atoms with E-state index in [0.29, 0.717) is 40.0 Å². The van der Waals surface area contributed by atoms with Crippen molar-refractivity contribution in [1.82, 2.24) is 4.98 Å². The first-order chi connectivity index (χ1) is 15.5. The molecule has 1 amide bonds. The van der Waals surface area contributed by atoms with E-state index < -0.39 is 5.91 Å². The molecule has 0 spiro atoms. The van der Waals surface area contributed by atoms with Crippen LogP contribution in [0.1, 0.15) is 31.4 Å². The number of aromatic hydroxyl groups is 1. The monoisotopic (exact) mass is 460 g/mol. The summed E-state index contributed by atoms with van der Waals surface area (Å²) in [5, 5.41) is 10.6. The van der Waals surface area contributed by atoms with Crippen LogP contribution in [-0.4, -0.2) is 21.7 Å². The molecule has 6 rings (SSSR count). The van der Waals surface area contributed by atoms with Crippen LogP contribution in [0.4, 0.5) is 0 Å². The lowest BCUT2D eigenvalue weighted by atomic mass is 10.1. The van der Waals surface area contributed by atoms with E-state index in [-0.39, 0.29) is 11.4 Å². The first-order valence-electron chi connectivity index (χ1n) is 9.90. The van der Waals surface area contributed by atoms with Gasteiger partial charge in [0.25, 0.3) is 5.91 Å². The number of H-pyrrole nitrogens is 1. The van der Waals surface area contributed by atoms with Gasteiger partial charge < -0.3 is 18.9 Å². The second kappa shape index (κ2) is 6.94. The molecule has 5 aromatic heterocycles. The third-order valence-electron chi connectivity index (χ3n) is 5.30. The molecule has 6 heterocycles. The summed E-state index contributed by atoms with van der Waals surface area (Å²) in [7, 11) is 0. The number of nitrogens with zero attached hydrogens (tertiary/aromatic N) is 1. The molecule has 0 unspecified atom stereocenters. The van der Waals surface area contributed by atoms with Crippen LogP contribution in [0.2, 0.25) is 0 Å². The normalized spacial score (nSPS) is 13.1. The number of aromatic amines is 1. The van der Waals surface area contributed by atoms with E-state index in [0.717, 1.165) is 9.75 Å². The predicted octanol–water partition coefficient (Wildman–Crippen LogP) is 6.64. The number of carbonyl (C=O) groups is 1. The number of rotatable bonds is 4. The van der Waals surface area contributed by atoms with Crippen molar-refractivity contribution in [1.29, 1.82) is 0 Å². The number of aromatic nitrogens is 1. The van der Waals surface area contributed by atoms with Crippen molar-refractivity contribution >= 4 is 34.3 Å². The molecule has 0 bridgehead atoms. The number of hydrogen-bond acceptors (Lipinski definition) is 6. The molecule has 32 heavy (non-hydrogen) atoms. The lowest BCUT2D eigenvalue weighted by Crippen LogP contribution is -1.97. The first kappa shape index (κ1) is 19.1. The maximum absolute atomic E-state index is 12.8. The van der Waals surface area contributed by atoms with Crippen molar-refractivity contribution in [3.63, 3.8) is 0 Å². The van der Waals surface area contributed by atoms with Crippen LogP contribution in [0, 0.1) is 13.8 Å². The van der Waals surface area contributed by atoms with Gasteiger partial charge in [0.1, 0.15) is 17.2 Å². The molecule has 0 radical (unpaired) electrons. The van der Waals surface area contributed by atoms with Crippen molar-refractivity contribution in [2.45, 2.75) is 13.8 Å². The highest BCUT2D eigenvalue weighted by Crippen LogP contribution is 2.41. The fraction of sp³-hybridized carbons (Fsp3) is 0.0833. The van der Waals surface area contributed by atoms with Gasteiger partial charge in [-0.1, -0.05) is 0 Å². The van der Waals surface area contributed by atoms with E-state index in [2.05, 4.69) is 9.98 Å². The number of carbonyl (C=O) groups excluding carboxylic acids is 1. The Kier molecular flexibility index (Phi) is 4.14. The van der Waals surface area contributed by atoms with Gasteiger partial charge in [-0.15, -0.1) is 22.7 Å². The highest BCUT2D eigenvalue weighted by Gasteiger charge is 2.36. The second-order valence-corrected chi connectivity index (χ2v) is 10.1. The Balaban J connectivity index is 1.39. The van der Waals surface area contributed by atoms with Gasteiger partial charge in [0.2, 0.25) is 0 Å². The molecule has 2 N–H and O–H groups in total. The number of aliphatic imine (C=N–C) groups is 1. The molecule has 158 valence electrons. The van der Waals surface area contributed by atoms with Gasteiger partial charge in [-0.25, -0.2) is 4.99 Å². The SMILES string of the molecule is Cc1ccc(-c2ccc(C3=NC(=O)c4c(-c5ccc(-c6ccc(C)s6)o5)[nH]c(O)c43)o2)s1. The molecule has 5 aromatic rings. The van der Waals surface area contributed by atoms with Crippen molar-refractivity contribution in [3.8, 4) is 38.6 Å². The van der Waals surface area contributed by atoms with Gasteiger partial charge in [-0.3, -0.25) is 4.79 Å². The summed E-state index contributed by atoms with van der Waals surface area (Å²) in [6.07, 6.45) is 0. The maximum atomic E-state index is 12.8. The minimum atomic E-state index is -0.448. The predicted molar refractivity (Wildman–Crippen MR) is 125 cm³/mol. The van der Waals surface area contributed by atoms with E-state index in [1.165, 1.54) is 9.75 Å². The number of fused-ring (bicyclic) bond motifs is 1. The topological polar surface area (TPSA) is 91.7 Å². The zero-order valence-corrected chi connectivity index (χ0v) is 18.7. The smallest absolute Gasteiger partial charge is 0.280 e. The van der Waals surface area contributed by atoms with Crippen LogP contribution in [0.5, 0.6) is 5.88 Å². The highest BCUT2D eigenvalue weighted by molar-refractivity contribution is 7.15. The van der Waals surface area contributed by atoms with E-state index in [9.17, 15) is 9.90 Å². The third kappa shape index (κ3) is 2.91. The van der Waals surface area contributed by atoms with Gasteiger partial charge in [0.05, 0.1) is 26.6 Å². The average Bonchev–Trinajstić information content (AvgIpc) is 3.55. The van der Waals surface area contributed by atoms with Gasteiger partial charge >= 0.3 is 0 Å². The Hall–Kier alpha value is -3.62. The molecule has 0 aliphatic carbocycles. The van der Waals surface area contributed by atoms with Gasteiger partial charge in [0, 0.05) is 9.75 Å². The summed E-state index contributed by atoms with van der Waals surface area (Å²) >= 11 is 3.25. The van der Waals surface area contributed by atoms with Crippen LogP contribution in [0.25, 0.3) is 32.7 Å². The zero-order valence-electron chi connectivity index (χ0n) is 17.1. The summed E-state index contributed by atoms with van der Waals surface area (Å²) in [6, 6.07) is 15.3. The van der Waals surface area contributed by atoms with Crippen molar-refractivity contribution in [2.75, 3.05) is 0 Å². The summed E-state index contributed by atoms with van der Waals surface area (Å²) in [6.45, 7) is 4.06. The Morgan fingerprint density at radius 3 is 1.94 bits per heavy atom. The first-order valence-corrected chi connectivity index (χ1v) is 11.5. The average molecular weight is 461 g/mol. The summed E-state index contributed by atoms with van der Waals surface area (Å²) in [5.41, 5.74) is 1.33. The Labute approximate surface area is 190 Å². The number of amides is 1. The van der Waals surface area contributed by atoms with Gasteiger partial charge in [-0.2, -0.15) is 0 Å². The number of furan rings is 2. The lowest BCUT2D eigenvalue weighted by Gasteiger charge is -1.97. The van der Waals surface area contributed by atoms with Crippen molar-refractivity contribution in [2.24, 2.45) is 4.99 Å². The van der Waals surface area contributed by atoms with Crippen molar-refractivity contribution in [3.05, 3.63) is 75.2 Å². The van der Waals surface area contributed by atoms with E-state index in [1.54, 1.807) is 34.8 Å². The summed E-state index contributed by atoms with van der Waals surface area (Å²) in [4.78, 5) is 24.2. The van der Waals surface area contributed by atoms with E-state index >= 15 is 0 Å².